The minimum atomic E-state index is -1.35. The molecule has 0 radical (unpaired) electrons. The monoisotopic (exact) mass is 161 g/mol. The summed E-state index contributed by atoms with van der Waals surface area (Å²) < 4.78 is 9.81. The van der Waals surface area contributed by atoms with E-state index in [9.17, 15) is 9.36 Å². The van der Waals surface area contributed by atoms with Gasteiger partial charge in [0.15, 0.2) is 0 Å². The summed E-state index contributed by atoms with van der Waals surface area (Å²) in [6.45, 7) is 1.34. The van der Waals surface area contributed by atoms with Crippen molar-refractivity contribution in [3.8, 4) is 5.63 Å². The van der Waals surface area contributed by atoms with Gasteiger partial charge in [-0.2, -0.15) is 0 Å². The Hall–Kier alpha value is -0.560. The standard InChI is InChI=1S/C5H8NO3P/c1-5(6,4(7)8)2-3-10-9/h2,6H2,1H3,(H,7,8)/t5-/m0/s1. The predicted molar refractivity (Wildman–Crippen MR) is 36.3 cm³/mol. The van der Waals surface area contributed by atoms with Crippen molar-refractivity contribution >= 4 is 13.9 Å². The van der Waals surface area contributed by atoms with E-state index in [0.717, 1.165) is 0 Å². The molecule has 56 valence electrons. The van der Waals surface area contributed by atoms with Gasteiger partial charge >= 0.3 is 58.6 Å². The SMILES string of the molecule is C[C@](N)(CC#P=O)C(=O)O. The molecule has 0 aromatic heterocycles. The second kappa shape index (κ2) is 3.57. The molecule has 0 rings (SSSR count). The van der Waals surface area contributed by atoms with Crippen molar-refractivity contribution in [2.45, 2.75) is 18.9 Å². The van der Waals surface area contributed by atoms with Crippen LogP contribution in [0.25, 0.3) is 0 Å². The second-order valence-electron chi connectivity index (χ2n) is 2.15. The minimum absolute atomic E-state index is 0.0204. The van der Waals surface area contributed by atoms with E-state index in [0.29, 0.717) is 0 Å². The van der Waals surface area contributed by atoms with E-state index in [1.54, 1.807) is 0 Å². The Morgan fingerprint density at radius 2 is 2.40 bits per heavy atom. The molecule has 0 fully saturated rings. The molecule has 3 N–H and O–H groups in total. The van der Waals surface area contributed by atoms with Gasteiger partial charge < -0.3 is 0 Å². The Balaban J connectivity index is 4.21. The van der Waals surface area contributed by atoms with Crippen LogP contribution in [-0.2, 0) is 9.36 Å². The summed E-state index contributed by atoms with van der Waals surface area (Å²) in [6.07, 6.45) is -0.0204. The Morgan fingerprint density at radius 1 is 1.90 bits per heavy atom. The number of carboxylic acids is 1. The van der Waals surface area contributed by atoms with Gasteiger partial charge in [0.05, 0.1) is 0 Å². The van der Waals surface area contributed by atoms with Crippen LogP contribution in [0, 0.1) is 5.63 Å². The quantitative estimate of drug-likeness (QED) is 0.575. The molecule has 10 heavy (non-hydrogen) atoms. The molecule has 0 spiro atoms. The van der Waals surface area contributed by atoms with E-state index in [1.165, 1.54) is 6.92 Å². The van der Waals surface area contributed by atoms with E-state index in [-0.39, 0.29) is 14.3 Å². The van der Waals surface area contributed by atoms with Gasteiger partial charge in [-0.15, -0.1) is 0 Å². The Morgan fingerprint density at radius 3 is 2.70 bits per heavy atom. The molecular formula is C5H8NO3P. The first-order valence-corrected chi connectivity index (χ1v) is 3.39. The van der Waals surface area contributed by atoms with Crippen LogP contribution in [-0.4, -0.2) is 16.6 Å². The molecule has 0 aromatic rings. The zero-order chi connectivity index (χ0) is 8.20. The molecule has 0 saturated carbocycles. The summed E-state index contributed by atoms with van der Waals surface area (Å²) in [5.74, 6) is -1.12. The number of carboxylic acid groups (broad SMARTS) is 1. The van der Waals surface area contributed by atoms with Crippen LogP contribution in [0.2, 0.25) is 0 Å². The van der Waals surface area contributed by atoms with Crippen molar-refractivity contribution in [2.24, 2.45) is 5.73 Å². The van der Waals surface area contributed by atoms with Crippen molar-refractivity contribution in [1.82, 2.24) is 0 Å². The maximum absolute atomic E-state index is 10.3. The summed E-state index contributed by atoms with van der Waals surface area (Å²) in [5, 5.41) is 8.40. The molecule has 0 aromatic carbocycles. The Labute approximate surface area is 59.5 Å². The zero-order valence-corrected chi connectivity index (χ0v) is 6.39. The molecule has 0 heterocycles. The van der Waals surface area contributed by atoms with Crippen LogP contribution in [0.3, 0.4) is 0 Å². The molecular weight excluding hydrogens is 153 g/mol. The number of hydrogen-bond donors (Lipinski definition) is 2. The molecule has 0 amide bonds. The molecule has 1 atom stereocenters. The third kappa shape index (κ3) is 2.83. The third-order valence-corrected chi connectivity index (χ3v) is 1.29. The van der Waals surface area contributed by atoms with Gasteiger partial charge in [-0.1, -0.05) is 0 Å². The molecule has 0 bridgehead atoms. The van der Waals surface area contributed by atoms with Crippen LogP contribution in [0.4, 0.5) is 0 Å². The average Bonchev–Trinajstić information content (AvgIpc) is 1.84. The van der Waals surface area contributed by atoms with Gasteiger partial charge in [0.2, 0.25) is 0 Å². The van der Waals surface area contributed by atoms with Gasteiger partial charge in [-0.3, -0.25) is 0 Å². The van der Waals surface area contributed by atoms with Crippen LogP contribution < -0.4 is 5.73 Å². The predicted octanol–water partition coefficient (Wildman–Crippen LogP) is 0.429. The number of carbonyl (C=O) groups is 1. The van der Waals surface area contributed by atoms with E-state index < -0.39 is 11.5 Å². The summed E-state index contributed by atoms with van der Waals surface area (Å²) in [7, 11) is -0.308. The Kier molecular flexibility index (Phi) is 3.37. The second-order valence-corrected chi connectivity index (χ2v) is 2.65. The van der Waals surface area contributed by atoms with Crippen LogP contribution in [0.1, 0.15) is 13.3 Å². The fraction of sp³-hybridized carbons (Fsp3) is 0.600. The molecule has 4 nitrogen and oxygen atoms in total. The first-order chi connectivity index (χ1) is 4.50. The molecule has 0 unspecified atom stereocenters. The number of aliphatic carboxylic acids is 1. The molecule has 0 saturated heterocycles. The van der Waals surface area contributed by atoms with Crippen LogP contribution in [0.15, 0.2) is 0 Å². The van der Waals surface area contributed by atoms with Crippen molar-refractivity contribution < 1.29 is 14.5 Å². The van der Waals surface area contributed by atoms with Gasteiger partial charge in [-0.25, -0.2) is 0 Å². The van der Waals surface area contributed by atoms with Crippen molar-refractivity contribution in [3.63, 3.8) is 0 Å². The van der Waals surface area contributed by atoms with Crippen molar-refractivity contribution in [1.29, 1.82) is 0 Å². The Bertz CT molecular complexity index is 228. The van der Waals surface area contributed by atoms with Crippen molar-refractivity contribution in [2.75, 3.05) is 0 Å². The zero-order valence-electron chi connectivity index (χ0n) is 5.50. The fourth-order valence-electron chi connectivity index (χ4n) is 0.272. The van der Waals surface area contributed by atoms with Crippen molar-refractivity contribution in [3.05, 3.63) is 0 Å². The van der Waals surface area contributed by atoms with E-state index >= 15 is 0 Å². The van der Waals surface area contributed by atoms with E-state index in [4.69, 9.17) is 10.8 Å². The van der Waals surface area contributed by atoms with Crippen LogP contribution in [0.5, 0.6) is 0 Å². The van der Waals surface area contributed by atoms with Crippen LogP contribution >= 0.6 is 7.92 Å². The molecule has 0 aliphatic heterocycles. The summed E-state index contributed by atoms with van der Waals surface area (Å²) in [5.41, 5.74) is 6.17. The normalized spacial score (nSPS) is 15.0. The number of hydrogen-bond acceptors (Lipinski definition) is 3. The first kappa shape index (κ1) is 9.44. The summed E-state index contributed by atoms with van der Waals surface area (Å²) >= 11 is 0. The van der Waals surface area contributed by atoms with E-state index in [2.05, 4.69) is 5.63 Å². The van der Waals surface area contributed by atoms with Gasteiger partial charge in [0, 0.05) is 0 Å². The fourth-order valence-corrected chi connectivity index (χ4v) is 0.665. The third-order valence-electron chi connectivity index (χ3n) is 0.999. The molecule has 0 aliphatic carbocycles. The van der Waals surface area contributed by atoms with Gasteiger partial charge in [-0.05, 0) is 0 Å². The van der Waals surface area contributed by atoms with E-state index in [1.807, 2.05) is 0 Å². The van der Waals surface area contributed by atoms with Gasteiger partial charge in [0.25, 0.3) is 0 Å². The number of rotatable bonds is 2. The van der Waals surface area contributed by atoms with Gasteiger partial charge in [0.1, 0.15) is 0 Å². The maximum atomic E-state index is 10.3. The number of nitrogens with two attached hydrogens (primary N) is 1. The summed E-state index contributed by atoms with van der Waals surface area (Å²) in [4.78, 5) is 10.3. The first-order valence-electron chi connectivity index (χ1n) is 2.58. The average molecular weight is 161 g/mol. The molecule has 5 heteroatoms. The summed E-state index contributed by atoms with van der Waals surface area (Å²) in [6, 6.07) is 0. The molecule has 0 aliphatic rings. The topological polar surface area (TPSA) is 80.4 Å².